The second-order valence-corrected chi connectivity index (χ2v) is 7.49. The quantitative estimate of drug-likeness (QED) is 0.536. The van der Waals surface area contributed by atoms with Gasteiger partial charge in [-0.25, -0.2) is 4.79 Å². The number of hydrogen-bond acceptors (Lipinski definition) is 5. The minimum absolute atomic E-state index is 0. The molecule has 0 aliphatic carbocycles. The maximum atomic E-state index is 12.2. The molecule has 0 N–H and O–H groups in total. The van der Waals surface area contributed by atoms with E-state index in [1.807, 2.05) is 20.8 Å². The molecule has 2 heterocycles. The molecule has 1 aromatic heterocycles. The molecule has 8 heteroatoms. The van der Waals surface area contributed by atoms with Gasteiger partial charge in [0.2, 0.25) is 0 Å². The van der Waals surface area contributed by atoms with Gasteiger partial charge in [-0.05, 0) is 50.1 Å². The number of hydrogen-bond donors (Lipinski definition) is 0. The van der Waals surface area contributed by atoms with Crippen LogP contribution in [0.5, 0.6) is 0 Å². The minimum Gasteiger partial charge on any atom is -0.768 e. The molecule has 24 heavy (non-hydrogen) atoms. The Balaban J connectivity index is 0.00000208. The van der Waals surface area contributed by atoms with Crippen LogP contribution in [0.2, 0.25) is 0 Å². The Morgan fingerprint density at radius 3 is 2.71 bits per heavy atom. The summed E-state index contributed by atoms with van der Waals surface area (Å²) in [6, 6.07) is 4.74. The van der Waals surface area contributed by atoms with Gasteiger partial charge in [-0.3, -0.25) is 4.21 Å². The van der Waals surface area contributed by atoms with Crippen LogP contribution in [-0.2, 0) is 28.8 Å². The molecule has 1 aliphatic rings. The Kier molecular flexibility index (Phi) is 5.50. The maximum absolute atomic E-state index is 12.2. The van der Waals surface area contributed by atoms with E-state index in [1.165, 1.54) is 6.07 Å². The predicted molar refractivity (Wildman–Crippen MR) is 83.7 cm³/mol. The average molecular weight is 343 g/mol. The summed E-state index contributed by atoms with van der Waals surface area (Å²) in [5.74, 6) is 0.800. The molecular formula is C16H18LiNO5S. The SMILES string of the molecule is CC(C)(C)OC(=O)N1CCc2oc3ccc(S(=O)[O-])cc3c2C1.[Li+]. The number of carbonyl (C=O) groups is 1. The Morgan fingerprint density at radius 2 is 2.08 bits per heavy atom. The van der Waals surface area contributed by atoms with E-state index in [0.717, 1.165) is 16.7 Å². The van der Waals surface area contributed by atoms with Crippen molar-refractivity contribution >= 4 is 28.1 Å². The first-order valence-corrected chi connectivity index (χ1v) is 8.43. The van der Waals surface area contributed by atoms with Crippen LogP contribution in [-0.4, -0.2) is 31.9 Å². The van der Waals surface area contributed by atoms with Crippen LogP contribution >= 0.6 is 0 Å². The van der Waals surface area contributed by atoms with Crippen molar-refractivity contribution in [2.75, 3.05) is 6.54 Å². The van der Waals surface area contributed by atoms with Gasteiger partial charge < -0.3 is 18.6 Å². The first kappa shape index (κ1) is 19.1. The maximum Gasteiger partial charge on any atom is 1.00 e. The fourth-order valence-corrected chi connectivity index (χ4v) is 3.04. The molecule has 3 rings (SSSR count). The number of amides is 1. The Bertz CT molecular complexity index is 796. The summed E-state index contributed by atoms with van der Waals surface area (Å²) in [5, 5.41) is 0.731. The van der Waals surface area contributed by atoms with Crippen LogP contribution < -0.4 is 18.9 Å². The minimum atomic E-state index is -2.30. The molecule has 6 nitrogen and oxygen atoms in total. The van der Waals surface area contributed by atoms with Gasteiger partial charge in [-0.15, -0.1) is 0 Å². The van der Waals surface area contributed by atoms with Gasteiger partial charge in [0.25, 0.3) is 0 Å². The normalized spacial score (nSPS) is 15.6. The summed E-state index contributed by atoms with van der Waals surface area (Å²) in [6.07, 6.45) is 0.208. The predicted octanol–water partition coefficient (Wildman–Crippen LogP) is -0.0320. The van der Waals surface area contributed by atoms with E-state index in [1.54, 1.807) is 17.0 Å². The summed E-state index contributed by atoms with van der Waals surface area (Å²) >= 11 is -2.30. The topological polar surface area (TPSA) is 82.8 Å². The second-order valence-electron chi connectivity index (χ2n) is 6.55. The van der Waals surface area contributed by atoms with E-state index in [4.69, 9.17) is 9.15 Å². The molecule has 0 saturated carbocycles. The first-order chi connectivity index (χ1) is 10.7. The number of fused-ring (bicyclic) bond motifs is 3. The number of carbonyl (C=O) groups excluding carboxylic acids is 1. The standard InChI is InChI=1S/C16H19NO5S.Li/c1-16(2,3)22-15(18)17-7-6-14-12(9-17)11-8-10(23(19)20)4-5-13(11)21-14;/h4-5,8H,6-7,9H2,1-3H3,(H,19,20);/q;+1/p-1. The van der Waals surface area contributed by atoms with Gasteiger partial charge in [0.1, 0.15) is 16.9 Å². The molecule has 0 spiro atoms. The van der Waals surface area contributed by atoms with Crippen LogP contribution in [0, 0.1) is 0 Å². The van der Waals surface area contributed by atoms with E-state index in [9.17, 15) is 13.6 Å². The summed E-state index contributed by atoms with van der Waals surface area (Å²) in [6.45, 7) is 6.34. The van der Waals surface area contributed by atoms with Crippen molar-refractivity contribution in [1.82, 2.24) is 4.90 Å². The number of furan rings is 1. The molecule has 0 bridgehead atoms. The molecule has 1 unspecified atom stereocenters. The van der Waals surface area contributed by atoms with E-state index in [0.29, 0.717) is 25.1 Å². The van der Waals surface area contributed by atoms with E-state index in [2.05, 4.69) is 0 Å². The monoisotopic (exact) mass is 343 g/mol. The van der Waals surface area contributed by atoms with Crippen molar-refractivity contribution < 1.29 is 41.6 Å². The number of ether oxygens (including phenoxy) is 1. The third kappa shape index (κ3) is 3.86. The van der Waals surface area contributed by atoms with Crippen LogP contribution in [0.15, 0.2) is 27.5 Å². The number of rotatable bonds is 1. The smallest absolute Gasteiger partial charge is 0.768 e. The molecule has 2 aromatic rings. The molecule has 1 atom stereocenters. The molecule has 124 valence electrons. The van der Waals surface area contributed by atoms with E-state index < -0.39 is 16.7 Å². The average Bonchev–Trinajstić information content (AvgIpc) is 2.82. The largest absolute Gasteiger partial charge is 1.00 e. The zero-order valence-corrected chi connectivity index (χ0v) is 15.1. The number of nitrogens with zero attached hydrogens (tertiary/aromatic N) is 1. The summed E-state index contributed by atoms with van der Waals surface area (Å²) in [5.41, 5.74) is 0.933. The fraction of sp³-hybridized carbons (Fsp3) is 0.438. The van der Waals surface area contributed by atoms with Gasteiger partial charge in [0.05, 0.1) is 6.54 Å². The van der Waals surface area contributed by atoms with Crippen molar-refractivity contribution in [2.24, 2.45) is 0 Å². The number of benzene rings is 1. The molecule has 0 radical (unpaired) electrons. The van der Waals surface area contributed by atoms with Crippen LogP contribution in [0.4, 0.5) is 4.79 Å². The third-order valence-corrected chi connectivity index (χ3v) is 4.29. The zero-order valence-electron chi connectivity index (χ0n) is 14.3. The Hall–Kier alpha value is -1.26. The fourth-order valence-electron chi connectivity index (χ4n) is 2.65. The van der Waals surface area contributed by atoms with Crippen molar-refractivity contribution in [3.63, 3.8) is 0 Å². The van der Waals surface area contributed by atoms with Crippen molar-refractivity contribution in [1.29, 1.82) is 0 Å². The molecular weight excluding hydrogens is 325 g/mol. The van der Waals surface area contributed by atoms with Gasteiger partial charge >= 0.3 is 25.0 Å². The van der Waals surface area contributed by atoms with Crippen LogP contribution in [0.3, 0.4) is 0 Å². The first-order valence-electron chi connectivity index (χ1n) is 7.36. The molecule has 1 aliphatic heterocycles. The molecule has 0 fully saturated rings. The van der Waals surface area contributed by atoms with E-state index >= 15 is 0 Å². The summed E-state index contributed by atoms with van der Waals surface area (Å²) < 4.78 is 33.5. The van der Waals surface area contributed by atoms with Crippen molar-refractivity contribution in [2.45, 2.75) is 44.2 Å². The zero-order chi connectivity index (χ0) is 16.8. The van der Waals surface area contributed by atoms with Crippen molar-refractivity contribution in [3.05, 3.63) is 29.5 Å². The summed E-state index contributed by atoms with van der Waals surface area (Å²) in [7, 11) is 0. The van der Waals surface area contributed by atoms with E-state index in [-0.39, 0.29) is 29.8 Å². The molecule has 1 amide bonds. The summed E-state index contributed by atoms with van der Waals surface area (Å²) in [4.78, 5) is 14.0. The van der Waals surface area contributed by atoms with Crippen molar-refractivity contribution in [3.8, 4) is 0 Å². The van der Waals surface area contributed by atoms with Crippen LogP contribution in [0.1, 0.15) is 32.1 Å². The molecule has 0 saturated heterocycles. The van der Waals surface area contributed by atoms with Crippen LogP contribution in [0.25, 0.3) is 11.0 Å². The van der Waals surface area contributed by atoms with Gasteiger partial charge in [-0.2, -0.15) is 0 Å². The Labute approximate surface area is 155 Å². The van der Waals surface area contributed by atoms with Gasteiger partial charge in [-0.1, -0.05) is 0 Å². The van der Waals surface area contributed by atoms with Gasteiger partial charge in [0.15, 0.2) is 0 Å². The Morgan fingerprint density at radius 1 is 1.38 bits per heavy atom. The third-order valence-electron chi connectivity index (χ3n) is 3.65. The second kappa shape index (κ2) is 6.93. The van der Waals surface area contributed by atoms with Gasteiger partial charge in [0, 0.05) is 28.8 Å². The molecule has 1 aromatic carbocycles.